The summed E-state index contributed by atoms with van der Waals surface area (Å²) in [6.45, 7) is 2.82. The van der Waals surface area contributed by atoms with Crippen LogP contribution in [-0.2, 0) is 23.8 Å². The third-order valence-electron chi connectivity index (χ3n) is 2.96. The Kier molecular flexibility index (Phi) is 4.00. The maximum absolute atomic E-state index is 12.3. The molecule has 7 nitrogen and oxygen atoms in total. The van der Waals surface area contributed by atoms with Gasteiger partial charge in [0.05, 0.1) is 6.20 Å². The lowest BCUT2D eigenvalue weighted by molar-refractivity contribution is 0.324. The average Bonchev–Trinajstić information content (AvgIpc) is 2.76. The largest absolute Gasteiger partial charge is 0.314 e. The second kappa shape index (κ2) is 5.35. The number of aryl methyl sites for hydroxylation is 1. The smallest absolute Gasteiger partial charge is 0.282 e. The van der Waals surface area contributed by atoms with E-state index in [0.717, 1.165) is 5.56 Å². The summed E-state index contributed by atoms with van der Waals surface area (Å²) in [7, 11) is 0.0540. The monoisotopic (exact) mass is 273 g/mol. The molecule has 0 amide bonds. The van der Waals surface area contributed by atoms with Crippen molar-refractivity contribution < 1.29 is 8.42 Å². The quantitative estimate of drug-likeness (QED) is 0.764. The highest BCUT2D eigenvalue weighted by Crippen LogP contribution is 2.11. The van der Waals surface area contributed by atoms with Gasteiger partial charge in [0.25, 0.3) is 10.2 Å². The summed E-state index contributed by atoms with van der Waals surface area (Å²) in [5.74, 6) is 0. The summed E-state index contributed by atoms with van der Waals surface area (Å²) in [6.07, 6.45) is 3.51. The van der Waals surface area contributed by atoms with Crippen molar-refractivity contribution in [2.45, 2.75) is 6.54 Å². The van der Waals surface area contributed by atoms with Crippen LogP contribution in [0.3, 0.4) is 0 Å². The van der Waals surface area contributed by atoms with Gasteiger partial charge in [-0.2, -0.15) is 22.1 Å². The van der Waals surface area contributed by atoms with Crippen molar-refractivity contribution >= 4 is 10.2 Å². The van der Waals surface area contributed by atoms with Crippen molar-refractivity contribution in [2.24, 2.45) is 7.05 Å². The predicted molar refractivity (Wildman–Crippen MR) is 68.0 cm³/mol. The molecule has 1 aromatic heterocycles. The number of nitrogens with one attached hydrogen (secondary N) is 1. The minimum atomic E-state index is -3.36. The molecule has 0 aromatic carbocycles. The molecule has 1 N–H and O–H groups in total. The van der Waals surface area contributed by atoms with E-state index < -0.39 is 10.2 Å². The van der Waals surface area contributed by atoms with Gasteiger partial charge in [0.2, 0.25) is 0 Å². The van der Waals surface area contributed by atoms with E-state index in [0.29, 0.717) is 32.7 Å². The molecule has 1 aliphatic rings. The SMILES string of the molecule is CN(Cc1cnn(C)c1)S(=O)(=O)N1CCNCC1. The first-order valence-electron chi connectivity index (χ1n) is 5.90. The van der Waals surface area contributed by atoms with E-state index in [9.17, 15) is 8.42 Å². The molecule has 102 valence electrons. The highest BCUT2D eigenvalue weighted by molar-refractivity contribution is 7.86. The van der Waals surface area contributed by atoms with Crippen molar-refractivity contribution in [1.82, 2.24) is 23.7 Å². The topological polar surface area (TPSA) is 70.5 Å². The zero-order valence-corrected chi connectivity index (χ0v) is 11.5. The summed E-state index contributed by atoms with van der Waals surface area (Å²) in [4.78, 5) is 0. The lowest BCUT2D eigenvalue weighted by atomic mass is 10.4. The Balaban J connectivity index is 2.04. The van der Waals surface area contributed by atoms with Crippen LogP contribution in [0.25, 0.3) is 0 Å². The van der Waals surface area contributed by atoms with Crippen LogP contribution in [0.5, 0.6) is 0 Å². The Morgan fingerprint density at radius 1 is 1.44 bits per heavy atom. The average molecular weight is 273 g/mol. The van der Waals surface area contributed by atoms with Crippen LogP contribution in [0.15, 0.2) is 12.4 Å². The molecule has 0 atom stereocenters. The predicted octanol–water partition coefficient (Wildman–Crippen LogP) is -0.998. The maximum Gasteiger partial charge on any atom is 0.282 e. The van der Waals surface area contributed by atoms with E-state index in [1.807, 2.05) is 13.2 Å². The van der Waals surface area contributed by atoms with Crippen molar-refractivity contribution in [2.75, 3.05) is 33.2 Å². The molecule has 8 heteroatoms. The van der Waals surface area contributed by atoms with Crippen molar-refractivity contribution in [3.05, 3.63) is 18.0 Å². The second-order valence-electron chi connectivity index (χ2n) is 4.44. The van der Waals surface area contributed by atoms with E-state index >= 15 is 0 Å². The van der Waals surface area contributed by atoms with Crippen LogP contribution in [0.1, 0.15) is 5.56 Å². The van der Waals surface area contributed by atoms with Gasteiger partial charge in [0, 0.05) is 58.6 Å². The van der Waals surface area contributed by atoms with Gasteiger partial charge in [-0.25, -0.2) is 0 Å². The summed E-state index contributed by atoms with van der Waals surface area (Å²) in [5, 5.41) is 7.18. The van der Waals surface area contributed by atoms with E-state index in [1.54, 1.807) is 17.9 Å². The van der Waals surface area contributed by atoms with Crippen LogP contribution in [0, 0.1) is 0 Å². The molecule has 0 unspecified atom stereocenters. The highest BCUT2D eigenvalue weighted by atomic mass is 32.2. The number of nitrogens with zero attached hydrogens (tertiary/aromatic N) is 4. The molecule has 0 bridgehead atoms. The first-order valence-corrected chi connectivity index (χ1v) is 7.29. The third kappa shape index (κ3) is 2.89. The van der Waals surface area contributed by atoms with E-state index in [2.05, 4.69) is 10.4 Å². The van der Waals surface area contributed by atoms with Gasteiger partial charge in [-0.1, -0.05) is 0 Å². The summed E-state index contributed by atoms with van der Waals surface area (Å²) < 4.78 is 29.1. The van der Waals surface area contributed by atoms with Crippen LogP contribution >= 0.6 is 0 Å². The number of hydrogen-bond acceptors (Lipinski definition) is 4. The molecular weight excluding hydrogens is 254 g/mol. The van der Waals surface area contributed by atoms with Gasteiger partial charge >= 0.3 is 0 Å². The minimum Gasteiger partial charge on any atom is -0.314 e. The molecule has 2 rings (SSSR count). The van der Waals surface area contributed by atoms with E-state index in [-0.39, 0.29) is 0 Å². The Morgan fingerprint density at radius 2 is 2.11 bits per heavy atom. The molecule has 1 aliphatic heterocycles. The highest BCUT2D eigenvalue weighted by Gasteiger charge is 2.28. The zero-order valence-electron chi connectivity index (χ0n) is 10.7. The molecule has 0 aliphatic carbocycles. The standard InChI is InChI=1S/C10H19N5O2S/c1-13-8-10(7-12-13)9-14(2)18(16,17)15-5-3-11-4-6-15/h7-8,11H,3-6,9H2,1-2H3. The van der Waals surface area contributed by atoms with Gasteiger partial charge in [0.15, 0.2) is 0 Å². The molecule has 0 spiro atoms. The van der Waals surface area contributed by atoms with Gasteiger partial charge in [-0.05, 0) is 0 Å². The Morgan fingerprint density at radius 3 is 2.67 bits per heavy atom. The lowest BCUT2D eigenvalue weighted by Gasteiger charge is -2.30. The van der Waals surface area contributed by atoms with Crippen molar-refractivity contribution in [3.63, 3.8) is 0 Å². The van der Waals surface area contributed by atoms with E-state index in [4.69, 9.17) is 0 Å². The summed E-state index contributed by atoms with van der Waals surface area (Å²) in [6, 6.07) is 0. The lowest BCUT2D eigenvalue weighted by Crippen LogP contribution is -2.50. The Bertz CT molecular complexity index is 492. The molecule has 1 aromatic rings. The summed E-state index contributed by atoms with van der Waals surface area (Å²) in [5.41, 5.74) is 0.888. The van der Waals surface area contributed by atoms with Gasteiger partial charge in [0.1, 0.15) is 0 Å². The van der Waals surface area contributed by atoms with E-state index in [1.165, 1.54) is 8.61 Å². The maximum atomic E-state index is 12.3. The van der Waals surface area contributed by atoms with Crippen molar-refractivity contribution in [1.29, 1.82) is 0 Å². The van der Waals surface area contributed by atoms with Gasteiger partial charge in [-0.15, -0.1) is 0 Å². The van der Waals surface area contributed by atoms with Gasteiger partial charge < -0.3 is 5.32 Å². The number of rotatable bonds is 4. The van der Waals surface area contributed by atoms with Crippen LogP contribution < -0.4 is 5.32 Å². The third-order valence-corrected chi connectivity index (χ3v) is 4.89. The fourth-order valence-corrected chi connectivity index (χ4v) is 3.31. The molecule has 1 fully saturated rings. The second-order valence-corrected chi connectivity index (χ2v) is 6.47. The van der Waals surface area contributed by atoms with Crippen LogP contribution in [-0.4, -0.2) is 60.0 Å². The minimum absolute atomic E-state index is 0.347. The first-order chi connectivity index (χ1) is 8.50. The van der Waals surface area contributed by atoms with Crippen LogP contribution in [0.4, 0.5) is 0 Å². The number of aromatic nitrogens is 2. The molecule has 0 saturated carbocycles. The first kappa shape index (κ1) is 13.5. The fourth-order valence-electron chi connectivity index (χ4n) is 1.96. The molecule has 18 heavy (non-hydrogen) atoms. The Hall–Kier alpha value is -0.960. The summed E-state index contributed by atoms with van der Waals surface area (Å²) >= 11 is 0. The van der Waals surface area contributed by atoms with Gasteiger partial charge in [-0.3, -0.25) is 4.68 Å². The molecular formula is C10H19N5O2S. The number of hydrogen-bond donors (Lipinski definition) is 1. The normalized spacial score (nSPS) is 18.4. The molecule has 1 saturated heterocycles. The number of piperazine rings is 1. The zero-order chi connectivity index (χ0) is 13.2. The Labute approximate surface area is 108 Å². The fraction of sp³-hybridized carbons (Fsp3) is 0.700. The van der Waals surface area contributed by atoms with Crippen LogP contribution in [0.2, 0.25) is 0 Å². The molecule has 0 radical (unpaired) electrons. The molecule has 2 heterocycles. The van der Waals surface area contributed by atoms with Crippen molar-refractivity contribution in [3.8, 4) is 0 Å².